The van der Waals surface area contributed by atoms with Crippen molar-refractivity contribution in [2.45, 2.75) is 13.3 Å². The maximum absolute atomic E-state index is 12.3. The van der Waals surface area contributed by atoms with Gasteiger partial charge in [-0.15, -0.1) is 0 Å². The Balaban J connectivity index is 3.04. The predicted octanol–water partition coefficient (Wildman–Crippen LogP) is 2.33. The van der Waals surface area contributed by atoms with E-state index < -0.39 is 11.6 Å². The zero-order chi connectivity index (χ0) is 7.56. The Morgan fingerprint density at radius 3 is 2.60 bits per heavy atom. The molecule has 0 N–H and O–H groups in total. The minimum atomic E-state index is -0.889. The van der Waals surface area contributed by atoms with Gasteiger partial charge in [-0.25, -0.2) is 8.78 Å². The third-order valence-electron chi connectivity index (χ3n) is 1.29. The van der Waals surface area contributed by atoms with Crippen molar-refractivity contribution in [3.63, 3.8) is 0 Å². The lowest BCUT2D eigenvalue weighted by Gasteiger charge is -1.94. The van der Waals surface area contributed by atoms with Crippen molar-refractivity contribution in [1.29, 1.82) is 0 Å². The first-order valence-corrected chi connectivity index (χ1v) is 3.10. The molecule has 0 aliphatic heterocycles. The van der Waals surface area contributed by atoms with E-state index in [1.54, 1.807) is 0 Å². The summed E-state index contributed by atoms with van der Waals surface area (Å²) in [6.07, 6.45) is 0.678. The summed E-state index contributed by atoms with van der Waals surface area (Å²) in [6.45, 7) is 1.86. The van der Waals surface area contributed by atoms with Crippen LogP contribution in [0, 0.1) is 17.7 Å². The molecule has 0 aliphatic rings. The first kappa shape index (κ1) is 7.19. The molecule has 0 fully saturated rings. The topological polar surface area (TPSA) is 0 Å². The monoisotopic (exact) mass is 141 g/mol. The molecule has 1 aromatic rings. The van der Waals surface area contributed by atoms with Gasteiger partial charge in [0, 0.05) is 6.07 Å². The van der Waals surface area contributed by atoms with E-state index in [0.717, 1.165) is 6.07 Å². The predicted molar refractivity (Wildman–Crippen MR) is 34.6 cm³/mol. The zero-order valence-electron chi connectivity index (χ0n) is 5.62. The summed E-state index contributed by atoms with van der Waals surface area (Å²) in [6, 6.07) is 4.93. The molecule has 0 saturated carbocycles. The number of aryl methyl sites for hydroxylation is 1. The standard InChI is InChI=1S/C8H7F2/c1-2-6-3-4-7(9)8(10)5-6/h3-4H,2H2,1H3. The molecule has 2 heteroatoms. The van der Waals surface area contributed by atoms with Gasteiger partial charge in [0.1, 0.15) is 0 Å². The Labute approximate surface area is 58.5 Å². The summed E-state index contributed by atoms with van der Waals surface area (Å²) in [5.41, 5.74) is 0.693. The second kappa shape index (κ2) is 2.78. The normalized spacial score (nSPS) is 9.90. The molecule has 0 aromatic heterocycles. The second-order valence-corrected chi connectivity index (χ2v) is 2.00. The lowest BCUT2D eigenvalue weighted by Crippen LogP contribution is -1.87. The number of hydrogen-bond acceptors (Lipinski definition) is 0. The quantitative estimate of drug-likeness (QED) is 0.563. The first-order chi connectivity index (χ1) is 4.74. The van der Waals surface area contributed by atoms with E-state index in [2.05, 4.69) is 6.07 Å². The van der Waals surface area contributed by atoms with Gasteiger partial charge < -0.3 is 0 Å². The minimum absolute atomic E-state index is 0.678. The third-order valence-corrected chi connectivity index (χ3v) is 1.29. The van der Waals surface area contributed by atoms with Crippen LogP contribution in [0.5, 0.6) is 0 Å². The molecule has 1 radical (unpaired) electrons. The van der Waals surface area contributed by atoms with E-state index in [4.69, 9.17) is 0 Å². The van der Waals surface area contributed by atoms with Gasteiger partial charge in [-0.1, -0.05) is 13.0 Å². The SMILES string of the molecule is CCc1[c]c(F)c(F)cc1. The summed E-state index contributed by atoms with van der Waals surface area (Å²) in [7, 11) is 0. The maximum atomic E-state index is 12.3. The van der Waals surface area contributed by atoms with Crippen LogP contribution in [0.2, 0.25) is 0 Å². The number of hydrogen-bond donors (Lipinski definition) is 0. The van der Waals surface area contributed by atoms with Gasteiger partial charge in [-0.05, 0) is 18.1 Å². The fourth-order valence-electron chi connectivity index (χ4n) is 0.695. The van der Waals surface area contributed by atoms with Crippen molar-refractivity contribution >= 4 is 0 Å². The molecule has 53 valence electrons. The molecule has 1 rings (SSSR count). The van der Waals surface area contributed by atoms with E-state index in [0.29, 0.717) is 12.0 Å². The second-order valence-electron chi connectivity index (χ2n) is 2.00. The highest BCUT2D eigenvalue weighted by molar-refractivity contribution is 5.15. The Morgan fingerprint density at radius 2 is 2.10 bits per heavy atom. The molecular weight excluding hydrogens is 134 g/mol. The highest BCUT2D eigenvalue weighted by Crippen LogP contribution is 2.07. The number of benzene rings is 1. The summed E-state index contributed by atoms with van der Waals surface area (Å²) in [5.74, 6) is -1.73. The van der Waals surface area contributed by atoms with Crippen LogP contribution in [0.1, 0.15) is 12.5 Å². The molecule has 0 saturated heterocycles. The summed E-state index contributed by atoms with van der Waals surface area (Å²) in [5, 5.41) is 0. The molecule has 10 heavy (non-hydrogen) atoms. The fraction of sp³-hybridized carbons (Fsp3) is 0.250. The van der Waals surface area contributed by atoms with Gasteiger partial charge >= 0.3 is 0 Å². The molecule has 0 heterocycles. The van der Waals surface area contributed by atoms with Gasteiger partial charge in [0.2, 0.25) is 0 Å². The van der Waals surface area contributed by atoms with Crippen LogP contribution < -0.4 is 0 Å². The Hall–Kier alpha value is -0.920. The van der Waals surface area contributed by atoms with Gasteiger partial charge in [-0.2, -0.15) is 0 Å². The maximum Gasteiger partial charge on any atom is 0.167 e. The van der Waals surface area contributed by atoms with E-state index in [-0.39, 0.29) is 0 Å². The highest BCUT2D eigenvalue weighted by atomic mass is 19.2. The van der Waals surface area contributed by atoms with E-state index in [1.807, 2.05) is 6.92 Å². The summed E-state index contributed by atoms with van der Waals surface area (Å²) < 4.78 is 24.6. The van der Waals surface area contributed by atoms with Crippen LogP contribution >= 0.6 is 0 Å². The zero-order valence-corrected chi connectivity index (χ0v) is 5.62. The van der Waals surface area contributed by atoms with Crippen LogP contribution in [0.3, 0.4) is 0 Å². The lowest BCUT2D eigenvalue weighted by molar-refractivity contribution is 0.505. The van der Waals surface area contributed by atoms with Crippen LogP contribution in [0.25, 0.3) is 0 Å². The average Bonchev–Trinajstić information content (AvgIpc) is 1.95. The molecular formula is C8H7F2. The Morgan fingerprint density at radius 1 is 1.40 bits per heavy atom. The van der Waals surface area contributed by atoms with E-state index in [1.165, 1.54) is 6.07 Å². The minimum Gasteiger partial charge on any atom is -0.204 e. The van der Waals surface area contributed by atoms with Gasteiger partial charge in [0.05, 0.1) is 0 Å². The molecule has 0 unspecified atom stereocenters. The molecule has 0 nitrogen and oxygen atoms in total. The molecule has 0 spiro atoms. The summed E-state index contributed by atoms with van der Waals surface area (Å²) in [4.78, 5) is 0. The van der Waals surface area contributed by atoms with Crippen LogP contribution in [-0.4, -0.2) is 0 Å². The van der Waals surface area contributed by atoms with Crippen LogP contribution in [0.15, 0.2) is 12.1 Å². The molecule has 0 aliphatic carbocycles. The van der Waals surface area contributed by atoms with Gasteiger partial charge in [0.15, 0.2) is 11.6 Å². The van der Waals surface area contributed by atoms with Gasteiger partial charge in [-0.3, -0.25) is 0 Å². The molecule has 0 bridgehead atoms. The van der Waals surface area contributed by atoms with Crippen molar-refractivity contribution in [3.05, 3.63) is 35.4 Å². The van der Waals surface area contributed by atoms with Crippen LogP contribution in [0.4, 0.5) is 8.78 Å². The smallest absolute Gasteiger partial charge is 0.167 e. The van der Waals surface area contributed by atoms with Crippen molar-refractivity contribution in [1.82, 2.24) is 0 Å². The largest absolute Gasteiger partial charge is 0.204 e. The van der Waals surface area contributed by atoms with Gasteiger partial charge in [0.25, 0.3) is 0 Å². The van der Waals surface area contributed by atoms with Crippen molar-refractivity contribution < 1.29 is 8.78 Å². The van der Waals surface area contributed by atoms with Crippen molar-refractivity contribution in [2.24, 2.45) is 0 Å². The fourth-order valence-corrected chi connectivity index (χ4v) is 0.695. The average molecular weight is 141 g/mol. The first-order valence-electron chi connectivity index (χ1n) is 3.10. The third kappa shape index (κ3) is 1.32. The number of halogens is 2. The van der Waals surface area contributed by atoms with Crippen LogP contribution in [-0.2, 0) is 6.42 Å². The molecule has 0 amide bonds. The Bertz CT molecular complexity index is 231. The van der Waals surface area contributed by atoms with E-state index >= 15 is 0 Å². The highest BCUT2D eigenvalue weighted by Gasteiger charge is 2.00. The van der Waals surface area contributed by atoms with E-state index in [9.17, 15) is 8.78 Å². The molecule has 1 aromatic carbocycles. The van der Waals surface area contributed by atoms with Crippen molar-refractivity contribution in [2.75, 3.05) is 0 Å². The number of rotatable bonds is 1. The van der Waals surface area contributed by atoms with Crippen molar-refractivity contribution in [3.8, 4) is 0 Å². The summed E-state index contributed by atoms with van der Waals surface area (Å²) >= 11 is 0. The Kier molecular flexibility index (Phi) is 2.00. The lowest BCUT2D eigenvalue weighted by atomic mass is 10.2. The molecule has 0 atom stereocenters.